The zero-order valence-electron chi connectivity index (χ0n) is 11.9. The van der Waals surface area contributed by atoms with Gasteiger partial charge in [0.25, 0.3) is 8.32 Å². The zero-order valence-corrected chi connectivity index (χ0v) is 12.9. The standard InChI is InChI=1S/C13H21NO3Si/c1-13(2,3)18(5,6)17-12-8-14-10(9-15)7-11(12)16-4/h7-9H,1-6H3. The Bertz CT molecular complexity index is 438. The van der Waals surface area contributed by atoms with E-state index in [1.54, 1.807) is 19.4 Å². The molecule has 5 heteroatoms. The van der Waals surface area contributed by atoms with Crippen molar-refractivity contribution >= 4 is 14.6 Å². The fourth-order valence-electron chi connectivity index (χ4n) is 1.17. The molecule has 0 aliphatic rings. The van der Waals surface area contributed by atoms with Gasteiger partial charge in [0.1, 0.15) is 5.69 Å². The fourth-order valence-corrected chi connectivity index (χ4v) is 2.18. The second-order valence-electron chi connectivity index (χ2n) is 5.74. The van der Waals surface area contributed by atoms with Crippen LogP contribution in [0.25, 0.3) is 0 Å². The molecule has 1 rings (SSSR count). The first kappa shape index (κ1) is 14.7. The third-order valence-corrected chi connectivity index (χ3v) is 7.71. The summed E-state index contributed by atoms with van der Waals surface area (Å²) in [6.07, 6.45) is 2.25. The van der Waals surface area contributed by atoms with Crippen LogP contribution >= 0.6 is 0 Å². The fraction of sp³-hybridized carbons (Fsp3) is 0.538. The second kappa shape index (κ2) is 5.10. The highest BCUT2D eigenvalue weighted by atomic mass is 28.4. The molecule has 0 amide bonds. The van der Waals surface area contributed by atoms with E-state index in [0.717, 1.165) is 0 Å². The molecule has 0 saturated carbocycles. The van der Waals surface area contributed by atoms with E-state index in [2.05, 4.69) is 38.8 Å². The molecule has 18 heavy (non-hydrogen) atoms. The molecular weight excluding hydrogens is 246 g/mol. The lowest BCUT2D eigenvalue weighted by Gasteiger charge is -2.36. The lowest BCUT2D eigenvalue weighted by molar-refractivity contribution is 0.111. The van der Waals surface area contributed by atoms with Gasteiger partial charge in [-0.25, -0.2) is 4.98 Å². The van der Waals surface area contributed by atoms with Gasteiger partial charge in [-0.2, -0.15) is 0 Å². The van der Waals surface area contributed by atoms with Crippen molar-refractivity contribution in [2.24, 2.45) is 0 Å². The Morgan fingerprint density at radius 1 is 1.28 bits per heavy atom. The molecule has 0 unspecified atom stereocenters. The van der Waals surface area contributed by atoms with Crippen molar-refractivity contribution in [3.63, 3.8) is 0 Å². The number of aldehydes is 1. The summed E-state index contributed by atoms with van der Waals surface area (Å²) in [6, 6.07) is 1.59. The number of methoxy groups -OCH3 is 1. The Morgan fingerprint density at radius 2 is 1.89 bits per heavy atom. The highest BCUT2D eigenvalue weighted by molar-refractivity contribution is 6.74. The van der Waals surface area contributed by atoms with Crippen LogP contribution in [0.5, 0.6) is 11.5 Å². The van der Waals surface area contributed by atoms with Gasteiger partial charge in [0.05, 0.1) is 13.3 Å². The van der Waals surface area contributed by atoms with Crippen molar-refractivity contribution in [2.75, 3.05) is 7.11 Å². The average Bonchev–Trinajstić information content (AvgIpc) is 2.27. The van der Waals surface area contributed by atoms with E-state index in [-0.39, 0.29) is 5.04 Å². The van der Waals surface area contributed by atoms with Crippen LogP contribution in [-0.2, 0) is 0 Å². The number of rotatable bonds is 4. The molecule has 1 heterocycles. The molecule has 0 aliphatic carbocycles. The molecular formula is C13H21NO3Si. The minimum absolute atomic E-state index is 0.0986. The van der Waals surface area contributed by atoms with E-state index in [9.17, 15) is 4.79 Å². The SMILES string of the molecule is COc1cc(C=O)ncc1O[Si](C)(C)C(C)(C)C. The number of nitrogens with zero attached hydrogens (tertiary/aromatic N) is 1. The quantitative estimate of drug-likeness (QED) is 0.620. The van der Waals surface area contributed by atoms with Crippen LogP contribution < -0.4 is 9.16 Å². The van der Waals surface area contributed by atoms with Crippen LogP contribution in [0.15, 0.2) is 12.3 Å². The van der Waals surface area contributed by atoms with Crippen LogP contribution in [0.1, 0.15) is 31.3 Å². The summed E-state index contributed by atoms with van der Waals surface area (Å²) < 4.78 is 11.4. The minimum atomic E-state index is -1.93. The van der Waals surface area contributed by atoms with Crippen LogP contribution in [0.4, 0.5) is 0 Å². The van der Waals surface area contributed by atoms with Crippen LogP contribution in [0.2, 0.25) is 18.1 Å². The Kier molecular flexibility index (Phi) is 4.16. The molecule has 0 aliphatic heterocycles. The van der Waals surface area contributed by atoms with Crippen molar-refractivity contribution in [3.05, 3.63) is 18.0 Å². The van der Waals surface area contributed by atoms with Crippen LogP contribution in [0, 0.1) is 0 Å². The average molecular weight is 267 g/mol. The van der Waals surface area contributed by atoms with Crippen LogP contribution in [0.3, 0.4) is 0 Å². The summed E-state index contributed by atoms with van der Waals surface area (Å²) in [4.78, 5) is 14.7. The molecule has 0 saturated heterocycles. The maximum absolute atomic E-state index is 10.7. The monoisotopic (exact) mass is 267 g/mol. The van der Waals surface area contributed by atoms with Crippen molar-refractivity contribution in [2.45, 2.75) is 38.9 Å². The van der Waals surface area contributed by atoms with Gasteiger partial charge in [0.15, 0.2) is 17.8 Å². The van der Waals surface area contributed by atoms with E-state index >= 15 is 0 Å². The Labute approximate surface area is 109 Å². The smallest absolute Gasteiger partial charge is 0.250 e. The predicted octanol–water partition coefficient (Wildman–Crippen LogP) is 3.29. The molecule has 0 aromatic carbocycles. The zero-order chi connectivity index (χ0) is 14.0. The van der Waals surface area contributed by atoms with Gasteiger partial charge < -0.3 is 9.16 Å². The summed E-state index contributed by atoms with van der Waals surface area (Å²) in [5.74, 6) is 1.16. The van der Waals surface area contributed by atoms with Crippen molar-refractivity contribution in [3.8, 4) is 11.5 Å². The molecule has 0 N–H and O–H groups in total. The number of ether oxygens (including phenoxy) is 1. The number of carbonyl (C=O) groups excluding carboxylic acids is 1. The van der Waals surface area contributed by atoms with E-state index < -0.39 is 8.32 Å². The summed E-state index contributed by atoms with van der Waals surface area (Å²) in [6.45, 7) is 10.8. The topological polar surface area (TPSA) is 48.4 Å². The third-order valence-electron chi connectivity index (χ3n) is 3.36. The lowest BCUT2D eigenvalue weighted by Crippen LogP contribution is -2.44. The third kappa shape index (κ3) is 3.10. The van der Waals surface area contributed by atoms with E-state index in [1.807, 2.05) is 0 Å². The summed E-state index contributed by atoms with van der Waals surface area (Å²) >= 11 is 0. The molecule has 0 spiro atoms. The maximum Gasteiger partial charge on any atom is 0.250 e. The van der Waals surface area contributed by atoms with Gasteiger partial charge in [-0.3, -0.25) is 4.79 Å². The number of hydrogen-bond donors (Lipinski definition) is 0. The molecule has 0 fully saturated rings. The molecule has 0 atom stereocenters. The first-order valence-corrected chi connectivity index (χ1v) is 8.80. The Balaban J connectivity index is 3.08. The maximum atomic E-state index is 10.7. The number of hydrogen-bond acceptors (Lipinski definition) is 4. The highest BCUT2D eigenvalue weighted by Gasteiger charge is 2.39. The minimum Gasteiger partial charge on any atom is -0.540 e. The van der Waals surface area contributed by atoms with Gasteiger partial charge in [-0.1, -0.05) is 20.8 Å². The molecule has 0 radical (unpaired) electrons. The summed E-state index contributed by atoms with van der Waals surface area (Å²) in [5, 5.41) is 0.0986. The number of carbonyl (C=O) groups is 1. The van der Waals surface area contributed by atoms with Crippen LogP contribution in [-0.4, -0.2) is 26.7 Å². The van der Waals surface area contributed by atoms with Gasteiger partial charge in [-0.05, 0) is 18.1 Å². The van der Waals surface area contributed by atoms with Gasteiger partial charge in [-0.15, -0.1) is 0 Å². The Morgan fingerprint density at radius 3 is 2.33 bits per heavy atom. The molecule has 4 nitrogen and oxygen atoms in total. The van der Waals surface area contributed by atoms with E-state index in [0.29, 0.717) is 23.5 Å². The molecule has 1 aromatic heterocycles. The molecule has 0 bridgehead atoms. The van der Waals surface area contributed by atoms with Crippen molar-refractivity contribution < 1.29 is 14.0 Å². The highest BCUT2D eigenvalue weighted by Crippen LogP contribution is 2.39. The van der Waals surface area contributed by atoms with E-state index in [1.165, 1.54) is 0 Å². The lowest BCUT2D eigenvalue weighted by atomic mass is 10.2. The van der Waals surface area contributed by atoms with Gasteiger partial charge >= 0.3 is 0 Å². The second-order valence-corrected chi connectivity index (χ2v) is 10.5. The molecule has 100 valence electrons. The normalized spacial score (nSPS) is 12.1. The van der Waals surface area contributed by atoms with Gasteiger partial charge in [0.2, 0.25) is 0 Å². The summed E-state index contributed by atoms with van der Waals surface area (Å²) in [5.41, 5.74) is 0.342. The number of aromatic nitrogens is 1. The van der Waals surface area contributed by atoms with Crippen molar-refractivity contribution in [1.82, 2.24) is 4.98 Å². The summed E-state index contributed by atoms with van der Waals surface area (Å²) in [7, 11) is -0.371. The van der Waals surface area contributed by atoms with E-state index in [4.69, 9.17) is 9.16 Å². The molecule has 1 aromatic rings. The number of pyridine rings is 1. The first-order chi connectivity index (χ1) is 8.21. The largest absolute Gasteiger partial charge is 0.540 e. The van der Waals surface area contributed by atoms with Crippen molar-refractivity contribution in [1.29, 1.82) is 0 Å². The Hall–Kier alpha value is -1.36. The predicted molar refractivity (Wildman–Crippen MR) is 74.0 cm³/mol. The first-order valence-electron chi connectivity index (χ1n) is 5.89. The van der Waals surface area contributed by atoms with Gasteiger partial charge in [0, 0.05) is 6.07 Å².